The van der Waals surface area contributed by atoms with Gasteiger partial charge in [0.05, 0.1) is 34.9 Å². The summed E-state index contributed by atoms with van der Waals surface area (Å²) in [6, 6.07) is 43.5. The molecule has 6 aromatic carbocycles. The van der Waals surface area contributed by atoms with E-state index < -0.39 is 47.8 Å². The summed E-state index contributed by atoms with van der Waals surface area (Å²) in [7, 11) is 1.79. The quantitative estimate of drug-likeness (QED) is 0.0310. The lowest BCUT2D eigenvalue weighted by Gasteiger charge is -2.33. The number of H-pyrrole nitrogens is 3. The number of carboxylic acids is 1. The highest BCUT2D eigenvalue weighted by Crippen LogP contribution is 2.44. The van der Waals surface area contributed by atoms with E-state index in [2.05, 4.69) is 131 Å². The van der Waals surface area contributed by atoms with Crippen molar-refractivity contribution in [3.63, 3.8) is 0 Å². The summed E-state index contributed by atoms with van der Waals surface area (Å²) >= 11 is 4.23. The molecule has 5 aliphatic heterocycles. The zero-order chi connectivity index (χ0) is 103. The fourth-order valence-electron chi connectivity index (χ4n) is 16.8. The first-order valence-corrected chi connectivity index (χ1v) is 48.9. The van der Waals surface area contributed by atoms with Gasteiger partial charge in [-0.25, -0.2) is 39.7 Å². The van der Waals surface area contributed by atoms with Gasteiger partial charge >= 0.3 is 30.6 Å². The van der Waals surface area contributed by atoms with Crippen molar-refractivity contribution in [2.75, 3.05) is 120 Å². The lowest BCUT2D eigenvalue weighted by atomic mass is 10.1. The zero-order valence-corrected chi connectivity index (χ0v) is 81.4. The van der Waals surface area contributed by atoms with Gasteiger partial charge in [-0.15, -0.1) is 0 Å². The predicted octanol–water partition coefficient (Wildman–Crippen LogP) is 17.7. The molecule has 10 aromatic heterocycles. The van der Waals surface area contributed by atoms with Crippen LogP contribution >= 0.6 is 34.0 Å². The fourth-order valence-corrected chi connectivity index (χ4v) is 19.7. The number of halogens is 9. The summed E-state index contributed by atoms with van der Waals surface area (Å²) in [5.41, 5.74) is 15.9. The fraction of sp³-hybridized carbons (Fsp3) is 0.347. The second-order valence-electron chi connectivity index (χ2n) is 34.1. The number of aliphatic carboxylic acids is 1. The molecule has 36 nitrogen and oxygen atoms in total. The molecule has 0 aliphatic carbocycles. The Morgan fingerprint density at radius 2 is 0.890 bits per heavy atom. The normalized spacial score (nSPS) is 15.2. The number of para-hydroxylation sites is 6. The van der Waals surface area contributed by atoms with Crippen molar-refractivity contribution in [1.82, 2.24) is 79.7 Å². The Morgan fingerprint density at radius 3 is 1.36 bits per heavy atom. The number of carbonyl (C=O) groups excluding carboxylic acids is 2. The molecule has 5 saturated heterocycles. The minimum absolute atomic E-state index is 0.108. The molecule has 16 aromatic rings. The number of alkyl halides is 9. The van der Waals surface area contributed by atoms with Crippen molar-refractivity contribution in [3.8, 4) is 40.4 Å². The van der Waals surface area contributed by atoms with Gasteiger partial charge in [-0.1, -0.05) is 125 Å². The number of imidazole rings is 2. The molecule has 0 amide bonds. The molecule has 0 bridgehead atoms. The van der Waals surface area contributed by atoms with Crippen molar-refractivity contribution in [3.05, 3.63) is 227 Å². The molecule has 0 atom stereocenters. The average Bonchev–Trinajstić information content (AvgIpc) is 1.65. The largest absolute Gasteiger partial charge is 0.490 e. The van der Waals surface area contributed by atoms with Gasteiger partial charge in [0.15, 0.2) is 56.2 Å². The third-order valence-corrected chi connectivity index (χ3v) is 27.4. The summed E-state index contributed by atoms with van der Waals surface area (Å²) in [5.74, 6) is 5.10. The molecule has 5 fully saturated rings. The monoisotopic (exact) mass is 2070 g/mol. The number of aromatic nitrogens is 16. The summed E-state index contributed by atoms with van der Waals surface area (Å²) in [5, 5.41) is 14.4. The van der Waals surface area contributed by atoms with E-state index in [1.54, 1.807) is 38.5 Å². The van der Waals surface area contributed by atoms with Crippen molar-refractivity contribution in [2.24, 2.45) is 0 Å². The topological polar surface area (TPSA) is 448 Å². The first-order valence-electron chi connectivity index (χ1n) is 46.5. The van der Waals surface area contributed by atoms with Crippen LogP contribution in [-0.4, -0.2) is 207 Å². The zero-order valence-electron chi connectivity index (χ0n) is 79.0. The molecule has 9 N–H and O–H groups in total. The Kier molecular flexibility index (Phi) is 33.2. The van der Waals surface area contributed by atoms with E-state index in [4.69, 9.17) is 59.3 Å². The van der Waals surface area contributed by atoms with Gasteiger partial charge in [-0.2, -0.15) is 79.0 Å². The number of aryl methyl sites for hydroxylation is 3. The Hall–Kier alpha value is -15.6. The van der Waals surface area contributed by atoms with Crippen LogP contribution in [0.2, 0.25) is 0 Å². The number of fused-ring (bicyclic) bond motifs is 5. The SMILES string of the molecule is CNc1nc(N2CCC(Oc3ccccc3C(F)(F)F)CC2)cc2[nH]cnc12.Cc1ccccc1OC1CCN(c2nc3nc(COc4ccccc4)[nH]c(=O)c3s2)CC1.Cc1nc(OCC(=O)O)c2sc(N3CCC(Oc4ccccc4C)CC3)nc2n1.Nc1nc(N2CCC(Oc3ccccc3C(F)(F)F)CC2)c2[nH]cnc2n1.Nc1ncnc2nc(N3CCC(Oc4ccccc4C(F)(F)F)CC3)sc12.O=C=O. The Morgan fingerprint density at radius 1 is 0.466 bits per heavy atom. The lowest BCUT2D eigenvalue weighted by molar-refractivity contribution is -0.192. The van der Waals surface area contributed by atoms with Crippen LogP contribution in [0.4, 0.5) is 84.1 Å². The number of carbonyl (C=O) groups is 1. The van der Waals surface area contributed by atoms with E-state index in [1.165, 1.54) is 83.1 Å². The highest BCUT2D eigenvalue weighted by molar-refractivity contribution is 7.23. The standard InChI is InChI=1S/C24H24N4O3S.C20H22N4O4S.C19H20F3N5O.C17H17F3N6O.C17H16F3N5OS.CO2/c1-16-7-5-6-10-19(16)31-18-11-13-28(14-12-18)24-27-22-21(32-24)23(29)26-20(25-22)15-30-17-8-3-2-4-9-17;1-12-5-3-4-6-15(12)28-14-7-9-24(10-8-14)20-23-18-17(29-20)19(22-13(2)21-18)27-11-16(25)26;1-23-18-17-14(24-11-25-17)10-16(26-18)27-8-6-12(7-9-27)28-15-5-3-2-4-13(15)19(20,21)22;18-17(19,20)11-3-1-2-4-12(11)27-10-5-7-26(8-6-10)15-13-14(23-9-22-13)24-16(21)25-15;18-17(19,20)11-3-1-2-4-12(11)26-10-5-7-25(8-6-10)16-24-15-13(27-16)14(21)22-9-23-15;2-1-3/h2-10,18H,11-15H2,1H3,(H,25,26,29);3-6,14H,7-11H2,1-2H3,(H,25,26);2-5,10-12H,6-9H2,1H3,(H,23,26)(H,24,25);1-4,9-10H,5-8H2,(H3,21,22,23,24,25);1-4,9-10H,5-8H2,(H2,21,22,23);. The van der Waals surface area contributed by atoms with Crippen molar-refractivity contribution in [2.45, 2.75) is 141 Å². The van der Waals surface area contributed by atoms with Gasteiger partial charge in [0.2, 0.25) is 11.8 Å². The van der Waals surface area contributed by atoms with Crippen molar-refractivity contribution >= 4 is 144 Å². The molecule has 0 saturated carbocycles. The number of carboxylic acid groups (broad SMARTS) is 1. The number of ether oxygens (including phenoxy) is 7. The second-order valence-corrected chi connectivity index (χ2v) is 37.0. The Bertz CT molecular complexity index is 7220. The highest BCUT2D eigenvalue weighted by atomic mass is 32.1. The van der Waals surface area contributed by atoms with Crippen LogP contribution in [0.5, 0.6) is 40.4 Å². The van der Waals surface area contributed by atoms with Gasteiger partial charge in [-0.3, -0.25) is 4.79 Å². The molecule has 5 aliphatic rings. The maximum Gasteiger partial charge on any atom is 0.419 e. The summed E-state index contributed by atoms with van der Waals surface area (Å²) in [6.45, 7) is 12.6. The van der Waals surface area contributed by atoms with Crippen LogP contribution in [0.15, 0.2) is 182 Å². The maximum absolute atomic E-state index is 13.1. The maximum atomic E-state index is 13.1. The predicted molar refractivity (Wildman–Crippen MR) is 532 cm³/mol. The summed E-state index contributed by atoms with van der Waals surface area (Å²) in [4.78, 5) is 115. The number of hydrogen-bond acceptors (Lipinski definition) is 35. The average molecular weight is 2070 g/mol. The Balaban J connectivity index is 0.000000130. The van der Waals surface area contributed by atoms with E-state index in [0.29, 0.717) is 144 Å². The van der Waals surface area contributed by atoms with Crippen molar-refractivity contribution < 1.29 is 92.2 Å². The van der Waals surface area contributed by atoms with Gasteiger partial charge in [0, 0.05) is 143 Å². The van der Waals surface area contributed by atoms with Crippen LogP contribution < -0.4 is 80.0 Å². The van der Waals surface area contributed by atoms with Crippen LogP contribution in [-0.2, 0) is 39.5 Å². The number of anilines is 8. The molecular formula is C98H99F9N24O12S3. The van der Waals surface area contributed by atoms with E-state index in [0.717, 1.165) is 135 Å². The number of rotatable bonds is 22. The molecule has 0 unspecified atom stereocenters. The number of hydrogen-bond donors (Lipinski definition) is 7. The number of nitrogens with zero attached hydrogens (tertiary/aromatic N) is 18. The van der Waals surface area contributed by atoms with Gasteiger partial charge < -0.3 is 94.5 Å². The molecule has 48 heteroatoms. The van der Waals surface area contributed by atoms with Crippen LogP contribution in [0, 0.1) is 20.8 Å². The molecular weight excluding hydrogens is 1970 g/mol. The first-order chi connectivity index (χ1) is 70.3. The molecule has 0 radical (unpaired) electrons. The van der Waals surface area contributed by atoms with Crippen molar-refractivity contribution in [1.29, 1.82) is 0 Å². The lowest BCUT2D eigenvalue weighted by Crippen LogP contribution is -2.39. The number of nitrogens with one attached hydrogen (secondary N) is 4. The number of aromatic amines is 3. The molecule has 15 heterocycles. The first kappa shape index (κ1) is 103. The molecule has 146 heavy (non-hydrogen) atoms. The minimum atomic E-state index is -4.44. The van der Waals surface area contributed by atoms with Gasteiger partial charge in [0.25, 0.3) is 5.56 Å². The molecule has 764 valence electrons. The summed E-state index contributed by atoms with van der Waals surface area (Å²) in [6.07, 6.45) is -1.85. The smallest absolute Gasteiger partial charge is 0.419 e. The van der Waals surface area contributed by atoms with Gasteiger partial charge in [0.1, 0.15) is 126 Å². The van der Waals surface area contributed by atoms with E-state index >= 15 is 0 Å². The number of thiazole rings is 3. The highest BCUT2D eigenvalue weighted by Gasteiger charge is 2.40. The summed E-state index contributed by atoms with van der Waals surface area (Å²) < 4.78 is 161. The molecule has 21 rings (SSSR count). The number of nitrogen functional groups attached to an aromatic ring is 2. The van der Waals surface area contributed by atoms with E-state index in [9.17, 15) is 49.1 Å². The van der Waals surface area contributed by atoms with E-state index in [1.807, 2.05) is 77.7 Å². The number of nitrogens with two attached hydrogens (primary N) is 2. The van der Waals surface area contributed by atoms with Crippen LogP contribution in [0.1, 0.15) is 104 Å². The minimum Gasteiger partial charge on any atom is -0.490 e. The van der Waals surface area contributed by atoms with Gasteiger partial charge in [-0.05, 0) is 92.6 Å². The van der Waals surface area contributed by atoms with E-state index in [-0.39, 0.29) is 77.9 Å². The molecule has 0 spiro atoms. The number of piperidine rings is 5. The second kappa shape index (κ2) is 46.9. The number of pyridine rings is 1. The number of benzene rings is 6. The van der Waals surface area contributed by atoms with Crippen LogP contribution in [0.3, 0.4) is 0 Å². The van der Waals surface area contributed by atoms with Crippen LogP contribution in [0.25, 0.3) is 53.2 Å². The third kappa shape index (κ3) is 26.3. The third-order valence-electron chi connectivity index (χ3n) is 24.1. The Labute approximate surface area is 839 Å².